The third-order valence-electron chi connectivity index (χ3n) is 2.58. The van der Waals surface area contributed by atoms with E-state index in [1.165, 1.54) is 5.56 Å². The molecule has 0 aliphatic rings. The molecule has 0 amide bonds. The first-order valence-corrected chi connectivity index (χ1v) is 5.57. The molecule has 1 N–H and O–H groups in total. The van der Waals surface area contributed by atoms with Gasteiger partial charge in [-0.3, -0.25) is 0 Å². The normalized spacial score (nSPS) is 9.39. The Bertz CT molecular complexity index is 611. The molecule has 0 spiro atoms. The Morgan fingerprint density at radius 1 is 0.944 bits per heavy atom. The maximum absolute atomic E-state index is 10.3. The third kappa shape index (κ3) is 2.99. The number of carbonyl (C=O) groups is 1. The lowest BCUT2D eigenvalue weighted by Gasteiger charge is -2.02. The summed E-state index contributed by atoms with van der Waals surface area (Å²) in [5, 5.41) is 8.46. The minimum absolute atomic E-state index is 0.702. The molecule has 2 aromatic rings. The van der Waals surface area contributed by atoms with Crippen molar-refractivity contribution in [3.8, 4) is 23.0 Å². The molecule has 2 nitrogen and oxygen atoms in total. The van der Waals surface area contributed by atoms with Gasteiger partial charge >= 0.3 is 5.97 Å². The largest absolute Gasteiger partial charge is 0.472 e. The molecule has 0 aliphatic heterocycles. The molecule has 0 saturated carbocycles. The van der Waals surface area contributed by atoms with Gasteiger partial charge in [-0.25, -0.2) is 4.79 Å². The molecule has 0 aromatic heterocycles. The lowest BCUT2D eigenvalue weighted by atomic mass is 10.0. The maximum Gasteiger partial charge on any atom is 0.382 e. The standard InChI is InChI=1S/C16H12O2/c1-12-2-7-14(8-3-12)15-9-4-13(5-10-15)6-11-16(17)18/h2-5,7-10H,1H3,(H,17,18). The zero-order chi connectivity index (χ0) is 13.0. The van der Waals surface area contributed by atoms with Gasteiger partial charge in [0.15, 0.2) is 0 Å². The minimum Gasteiger partial charge on any atom is -0.472 e. The van der Waals surface area contributed by atoms with Gasteiger partial charge in [-0.1, -0.05) is 47.9 Å². The van der Waals surface area contributed by atoms with Crippen molar-refractivity contribution in [1.29, 1.82) is 0 Å². The molecule has 0 fully saturated rings. The van der Waals surface area contributed by atoms with E-state index in [1.54, 1.807) is 0 Å². The molecule has 0 saturated heterocycles. The fourth-order valence-electron chi connectivity index (χ4n) is 1.62. The smallest absolute Gasteiger partial charge is 0.382 e. The Hall–Kier alpha value is -2.53. The van der Waals surface area contributed by atoms with E-state index in [9.17, 15) is 4.79 Å². The second-order valence-electron chi connectivity index (χ2n) is 4.00. The molecule has 0 radical (unpaired) electrons. The van der Waals surface area contributed by atoms with Crippen LogP contribution in [0.1, 0.15) is 11.1 Å². The summed E-state index contributed by atoms with van der Waals surface area (Å²) < 4.78 is 0. The quantitative estimate of drug-likeness (QED) is 0.772. The lowest BCUT2D eigenvalue weighted by Crippen LogP contribution is -1.87. The van der Waals surface area contributed by atoms with Gasteiger partial charge in [-0.2, -0.15) is 0 Å². The van der Waals surface area contributed by atoms with Crippen LogP contribution in [0.4, 0.5) is 0 Å². The van der Waals surface area contributed by atoms with Crippen LogP contribution in [-0.4, -0.2) is 11.1 Å². The summed E-state index contributed by atoms with van der Waals surface area (Å²) in [7, 11) is 0. The highest BCUT2D eigenvalue weighted by Crippen LogP contribution is 2.19. The van der Waals surface area contributed by atoms with Crippen LogP contribution in [0.3, 0.4) is 0 Å². The molecule has 0 bridgehead atoms. The summed E-state index contributed by atoms with van der Waals surface area (Å²) in [6, 6.07) is 15.8. The monoisotopic (exact) mass is 236 g/mol. The second kappa shape index (κ2) is 5.20. The molecule has 2 heteroatoms. The zero-order valence-electron chi connectivity index (χ0n) is 9.97. The Morgan fingerprint density at radius 3 is 1.94 bits per heavy atom. The van der Waals surface area contributed by atoms with Gasteiger partial charge in [0.2, 0.25) is 0 Å². The molecule has 0 heterocycles. The van der Waals surface area contributed by atoms with Crippen LogP contribution < -0.4 is 0 Å². The topological polar surface area (TPSA) is 37.3 Å². The molecular weight excluding hydrogens is 224 g/mol. The Labute approximate surface area is 106 Å². The highest BCUT2D eigenvalue weighted by molar-refractivity contribution is 5.87. The number of aryl methyl sites for hydroxylation is 1. The first-order valence-electron chi connectivity index (χ1n) is 5.57. The molecule has 2 rings (SSSR count). The van der Waals surface area contributed by atoms with Crippen LogP contribution >= 0.6 is 0 Å². The Balaban J connectivity index is 2.25. The van der Waals surface area contributed by atoms with Crippen LogP contribution in [-0.2, 0) is 4.79 Å². The van der Waals surface area contributed by atoms with Gasteiger partial charge in [-0.05, 0) is 30.2 Å². The highest BCUT2D eigenvalue weighted by atomic mass is 16.4. The maximum atomic E-state index is 10.3. The highest BCUT2D eigenvalue weighted by Gasteiger charge is 1.97. The first kappa shape index (κ1) is 11.9. The molecule has 88 valence electrons. The van der Waals surface area contributed by atoms with Crippen molar-refractivity contribution in [1.82, 2.24) is 0 Å². The van der Waals surface area contributed by atoms with Crippen molar-refractivity contribution < 1.29 is 9.90 Å². The van der Waals surface area contributed by atoms with Gasteiger partial charge in [0.05, 0.1) is 0 Å². The van der Waals surface area contributed by atoms with E-state index in [0.717, 1.165) is 11.1 Å². The van der Waals surface area contributed by atoms with Crippen molar-refractivity contribution in [2.24, 2.45) is 0 Å². The van der Waals surface area contributed by atoms with E-state index in [-0.39, 0.29) is 0 Å². The van der Waals surface area contributed by atoms with E-state index in [0.29, 0.717) is 5.56 Å². The van der Waals surface area contributed by atoms with E-state index >= 15 is 0 Å². The number of hydrogen-bond acceptors (Lipinski definition) is 1. The predicted octanol–water partition coefficient (Wildman–Crippen LogP) is 3.10. The third-order valence-corrected chi connectivity index (χ3v) is 2.58. The number of hydrogen-bond donors (Lipinski definition) is 1. The van der Waals surface area contributed by atoms with Crippen molar-refractivity contribution in [2.75, 3.05) is 0 Å². The first-order chi connectivity index (χ1) is 8.65. The Kier molecular flexibility index (Phi) is 3.45. The SMILES string of the molecule is Cc1ccc(-c2ccc(C#CC(=O)O)cc2)cc1. The van der Waals surface area contributed by atoms with Crippen molar-refractivity contribution >= 4 is 5.97 Å². The second-order valence-corrected chi connectivity index (χ2v) is 4.00. The van der Waals surface area contributed by atoms with Crippen molar-refractivity contribution in [3.05, 3.63) is 59.7 Å². The van der Waals surface area contributed by atoms with Gasteiger partial charge in [0.1, 0.15) is 0 Å². The minimum atomic E-state index is -1.11. The van der Waals surface area contributed by atoms with Gasteiger partial charge < -0.3 is 5.11 Å². The number of aliphatic carboxylic acids is 1. The summed E-state index contributed by atoms with van der Waals surface area (Å²) in [4.78, 5) is 10.3. The summed E-state index contributed by atoms with van der Waals surface area (Å²) in [5.74, 6) is 3.56. The van der Waals surface area contributed by atoms with Crippen LogP contribution in [0.25, 0.3) is 11.1 Å². The number of rotatable bonds is 1. The summed E-state index contributed by atoms with van der Waals surface area (Å²) >= 11 is 0. The van der Waals surface area contributed by atoms with E-state index in [4.69, 9.17) is 5.11 Å². The number of benzene rings is 2. The zero-order valence-corrected chi connectivity index (χ0v) is 9.97. The van der Waals surface area contributed by atoms with Crippen LogP contribution in [0.15, 0.2) is 48.5 Å². The van der Waals surface area contributed by atoms with Crippen LogP contribution in [0, 0.1) is 18.8 Å². The Morgan fingerprint density at radius 2 is 1.44 bits per heavy atom. The van der Waals surface area contributed by atoms with Crippen LogP contribution in [0.2, 0.25) is 0 Å². The van der Waals surface area contributed by atoms with E-state index < -0.39 is 5.97 Å². The lowest BCUT2D eigenvalue weighted by molar-refractivity contribution is -0.130. The summed E-state index contributed by atoms with van der Waals surface area (Å²) in [6.45, 7) is 2.05. The fraction of sp³-hybridized carbons (Fsp3) is 0.0625. The average molecular weight is 236 g/mol. The fourth-order valence-corrected chi connectivity index (χ4v) is 1.62. The van der Waals surface area contributed by atoms with Gasteiger partial charge in [-0.15, -0.1) is 0 Å². The summed E-state index contributed by atoms with van der Waals surface area (Å²) in [6.07, 6.45) is 0. The van der Waals surface area contributed by atoms with Gasteiger partial charge in [0.25, 0.3) is 0 Å². The van der Waals surface area contributed by atoms with Gasteiger partial charge in [0, 0.05) is 11.5 Å². The molecule has 0 atom stereocenters. The molecule has 18 heavy (non-hydrogen) atoms. The molecule has 2 aromatic carbocycles. The average Bonchev–Trinajstić information content (AvgIpc) is 2.38. The van der Waals surface area contributed by atoms with Crippen LogP contribution in [0.5, 0.6) is 0 Å². The number of carboxylic acid groups (broad SMARTS) is 1. The van der Waals surface area contributed by atoms with E-state index in [2.05, 4.69) is 36.1 Å². The predicted molar refractivity (Wildman–Crippen MR) is 71.1 cm³/mol. The van der Waals surface area contributed by atoms with E-state index in [1.807, 2.05) is 31.2 Å². The van der Waals surface area contributed by atoms with Crippen molar-refractivity contribution in [2.45, 2.75) is 6.92 Å². The molecular formula is C16H12O2. The number of carboxylic acids is 1. The van der Waals surface area contributed by atoms with Crippen molar-refractivity contribution in [3.63, 3.8) is 0 Å². The molecule has 0 unspecified atom stereocenters. The molecule has 0 aliphatic carbocycles. The summed E-state index contributed by atoms with van der Waals surface area (Å²) in [5.41, 5.74) is 4.16.